The van der Waals surface area contributed by atoms with E-state index in [0.717, 1.165) is 25.6 Å². The Bertz CT molecular complexity index is 872. The normalized spacial score (nSPS) is 11.2. The molecule has 0 saturated carbocycles. The highest BCUT2D eigenvalue weighted by Gasteiger charge is 2.34. The van der Waals surface area contributed by atoms with Crippen molar-refractivity contribution in [2.24, 2.45) is 0 Å². The average molecular weight is 391 g/mol. The lowest BCUT2D eigenvalue weighted by Crippen LogP contribution is -2.14. The lowest BCUT2D eigenvalue weighted by molar-refractivity contribution is -0.141. The number of halogens is 3. The van der Waals surface area contributed by atoms with Gasteiger partial charge < -0.3 is 14.8 Å². The number of H-pyrrole nitrogens is 1. The van der Waals surface area contributed by atoms with Gasteiger partial charge in [0.05, 0.1) is 19.8 Å². The van der Waals surface area contributed by atoms with Crippen LogP contribution in [0.2, 0.25) is 0 Å². The molecule has 140 valence electrons. The molecule has 2 rings (SSSR count). The zero-order valence-electron chi connectivity index (χ0n) is 13.6. The lowest BCUT2D eigenvalue weighted by Gasteiger charge is -2.04. The highest BCUT2D eigenvalue weighted by Crippen LogP contribution is 2.34. The number of aromatic nitrogens is 2. The van der Waals surface area contributed by atoms with Crippen LogP contribution in [0.4, 0.5) is 18.2 Å². The fourth-order valence-corrected chi connectivity index (χ4v) is 3.10. The van der Waals surface area contributed by atoms with Crippen LogP contribution in [0.25, 0.3) is 0 Å². The highest BCUT2D eigenvalue weighted by molar-refractivity contribution is 7.18. The zero-order chi connectivity index (χ0) is 19.6. The van der Waals surface area contributed by atoms with Gasteiger partial charge in [0.25, 0.3) is 5.91 Å². The molecule has 0 atom stereocenters. The number of esters is 2. The van der Waals surface area contributed by atoms with Gasteiger partial charge in [0.1, 0.15) is 15.6 Å². The van der Waals surface area contributed by atoms with Crippen molar-refractivity contribution in [2.75, 3.05) is 19.5 Å². The van der Waals surface area contributed by atoms with Gasteiger partial charge in [-0.15, -0.1) is 11.3 Å². The minimum Gasteiger partial charge on any atom is -0.465 e. The van der Waals surface area contributed by atoms with Crippen LogP contribution in [-0.2, 0) is 15.7 Å². The summed E-state index contributed by atoms with van der Waals surface area (Å²) in [6, 6.07) is 0.523. The van der Waals surface area contributed by atoms with Gasteiger partial charge in [0.2, 0.25) is 0 Å². The van der Waals surface area contributed by atoms with E-state index in [9.17, 15) is 27.6 Å². The summed E-state index contributed by atoms with van der Waals surface area (Å²) in [5.41, 5.74) is -1.63. The van der Waals surface area contributed by atoms with E-state index in [1.807, 2.05) is 0 Å². The summed E-state index contributed by atoms with van der Waals surface area (Å²) in [4.78, 5) is 35.9. The van der Waals surface area contributed by atoms with E-state index in [2.05, 4.69) is 19.9 Å². The van der Waals surface area contributed by atoms with Gasteiger partial charge in [-0.2, -0.15) is 18.3 Å². The molecule has 2 aromatic heterocycles. The second-order valence-electron chi connectivity index (χ2n) is 4.86. The summed E-state index contributed by atoms with van der Waals surface area (Å²) in [7, 11) is 2.24. The predicted octanol–water partition coefficient (Wildman–Crippen LogP) is 2.62. The third-order valence-electron chi connectivity index (χ3n) is 3.25. The van der Waals surface area contributed by atoms with Crippen molar-refractivity contribution in [3.05, 3.63) is 33.5 Å². The molecule has 2 N–H and O–H groups in total. The first kappa shape index (κ1) is 19.4. The molecule has 2 heterocycles. The van der Waals surface area contributed by atoms with Gasteiger partial charge in [-0.3, -0.25) is 9.89 Å². The van der Waals surface area contributed by atoms with E-state index in [0.29, 0.717) is 6.07 Å². The molecule has 0 bridgehead atoms. The summed E-state index contributed by atoms with van der Waals surface area (Å²) in [6.07, 6.45) is -4.69. The number of nitrogens with one attached hydrogen (secondary N) is 2. The number of anilines is 1. The molecule has 26 heavy (non-hydrogen) atoms. The Morgan fingerprint density at radius 2 is 1.81 bits per heavy atom. The van der Waals surface area contributed by atoms with Crippen molar-refractivity contribution in [1.29, 1.82) is 0 Å². The summed E-state index contributed by atoms with van der Waals surface area (Å²) in [5, 5.41) is 7.20. The largest absolute Gasteiger partial charge is 0.465 e. The molecular formula is C14H12F3N3O5S. The summed E-state index contributed by atoms with van der Waals surface area (Å²) < 4.78 is 46.9. The molecule has 0 aliphatic carbocycles. The minimum absolute atomic E-state index is 0.0428. The lowest BCUT2D eigenvalue weighted by atomic mass is 10.1. The average Bonchev–Trinajstić information content (AvgIpc) is 3.19. The molecule has 2 aromatic rings. The molecule has 0 fully saturated rings. The second kappa shape index (κ2) is 7.15. The van der Waals surface area contributed by atoms with Crippen LogP contribution in [0.15, 0.2) is 6.07 Å². The number of alkyl halides is 3. The number of rotatable bonds is 4. The molecule has 0 aliphatic heterocycles. The number of hydrogen-bond acceptors (Lipinski definition) is 7. The van der Waals surface area contributed by atoms with Crippen molar-refractivity contribution in [3.63, 3.8) is 0 Å². The third kappa shape index (κ3) is 3.69. The van der Waals surface area contributed by atoms with Crippen molar-refractivity contribution < 1.29 is 37.0 Å². The van der Waals surface area contributed by atoms with Crippen LogP contribution < -0.4 is 5.32 Å². The number of methoxy groups -OCH3 is 2. The van der Waals surface area contributed by atoms with Crippen LogP contribution in [-0.4, -0.2) is 42.3 Å². The fraction of sp³-hybridized carbons (Fsp3) is 0.286. The van der Waals surface area contributed by atoms with E-state index in [1.165, 1.54) is 6.92 Å². The third-order valence-corrected chi connectivity index (χ3v) is 4.44. The Morgan fingerprint density at radius 3 is 2.31 bits per heavy atom. The summed E-state index contributed by atoms with van der Waals surface area (Å²) >= 11 is 0.730. The standard InChI is InChI=1S/C14H12F3N3O5S/c1-5-8(12(22)24-2)11(26-9(5)13(23)25-3)18-10(21)6-4-7(20-19-6)14(15,16)17/h4H,1-3H3,(H,18,21)(H,19,20). The van der Waals surface area contributed by atoms with Crippen molar-refractivity contribution in [1.82, 2.24) is 10.2 Å². The number of carbonyl (C=O) groups is 3. The van der Waals surface area contributed by atoms with Crippen molar-refractivity contribution in [2.45, 2.75) is 13.1 Å². The van der Waals surface area contributed by atoms with E-state index in [4.69, 9.17) is 0 Å². The number of carbonyl (C=O) groups excluding carboxylic acids is 3. The molecule has 0 unspecified atom stereocenters. The highest BCUT2D eigenvalue weighted by atomic mass is 32.1. The van der Waals surface area contributed by atoms with Gasteiger partial charge in [0, 0.05) is 6.07 Å². The van der Waals surface area contributed by atoms with E-state index < -0.39 is 35.4 Å². The van der Waals surface area contributed by atoms with E-state index in [1.54, 1.807) is 5.10 Å². The van der Waals surface area contributed by atoms with E-state index >= 15 is 0 Å². The van der Waals surface area contributed by atoms with Gasteiger partial charge >= 0.3 is 18.1 Å². The zero-order valence-corrected chi connectivity index (χ0v) is 14.4. The van der Waals surface area contributed by atoms with E-state index in [-0.39, 0.29) is 21.0 Å². The van der Waals surface area contributed by atoms with Crippen molar-refractivity contribution in [3.8, 4) is 0 Å². The van der Waals surface area contributed by atoms with Crippen LogP contribution in [0.1, 0.15) is 41.8 Å². The van der Waals surface area contributed by atoms with Gasteiger partial charge in [-0.05, 0) is 12.5 Å². The maximum Gasteiger partial charge on any atom is 0.432 e. The Hall–Kier alpha value is -2.89. The van der Waals surface area contributed by atoms with Crippen LogP contribution in [0.5, 0.6) is 0 Å². The first-order valence-corrected chi connectivity index (χ1v) is 7.65. The summed E-state index contributed by atoms with van der Waals surface area (Å²) in [6.45, 7) is 1.45. The maximum absolute atomic E-state index is 12.6. The monoisotopic (exact) mass is 391 g/mol. The Morgan fingerprint density at radius 1 is 1.19 bits per heavy atom. The van der Waals surface area contributed by atoms with Gasteiger partial charge in [0.15, 0.2) is 5.69 Å². The van der Waals surface area contributed by atoms with Crippen LogP contribution in [0, 0.1) is 6.92 Å². The minimum atomic E-state index is -4.69. The second-order valence-corrected chi connectivity index (χ2v) is 5.88. The summed E-state index contributed by atoms with van der Waals surface area (Å²) in [5.74, 6) is -2.57. The molecule has 0 saturated heterocycles. The molecule has 8 nitrogen and oxygen atoms in total. The molecule has 12 heteroatoms. The quantitative estimate of drug-likeness (QED) is 0.776. The molecule has 0 spiro atoms. The van der Waals surface area contributed by atoms with Gasteiger partial charge in [-0.1, -0.05) is 0 Å². The van der Waals surface area contributed by atoms with Gasteiger partial charge in [-0.25, -0.2) is 9.59 Å². The predicted molar refractivity (Wildman–Crippen MR) is 83.3 cm³/mol. The maximum atomic E-state index is 12.6. The van der Waals surface area contributed by atoms with Crippen LogP contribution in [0.3, 0.4) is 0 Å². The fourth-order valence-electron chi connectivity index (χ4n) is 1.99. The Kier molecular flexibility index (Phi) is 5.35. The molecule has 0 radical (unpaired) electrons. The topological polar surface area (TPSA) is 110 Å². The first-order chi connectivity index (χ1) is 12.1. The van der Waals surface area contributed by atoms with Crippen LogP contribution >= 0.6 is 11.3 Å². The number of thiophene rings is 1. The Labute approximate surface area is 148 Å². The molecule has 1 amide bonds. The first-order valence-electron chi connectivity index (χ1n) is 6.84. The Balaban J connectivity index is 2.39. The molecule has 0 aromatic carbocycles. The number of aromatic amines is 1. The number of ether oxygens (including phenoxy) is 2. The molecule has 0 aliphatic rings. The number of hydrogen-bond donors (Lipinski definition) is 2. The molecular weight excluding hydrogens is 379 g/mol. The smallest absolute Gasteiger partial charge is 0.432 e. The number of nitrogens with zero attached hydrogens (tertiary/aromatic N) is 1. The van der Waals surface area contributed by atoms with Crippen molar-refractivity contribution >= 4 is 34.2 Å². The SMILES string of the molecule is COC(=O)c1sc(NC(=O)c2cc(C(F)(F)F)[nH]n2)c(C(=O)OC)c1C. The number of amides is 1.